The lowest BCUT2D eigenvalue weighted by Gasteiger charge is -2.30. The topological polar surface area (TPSA) is 76.4 Å². The third-order valence-corrected chi connectivity index (χ3v) is 6.12. The molecule has 130 valence electrons. The van der Waals surface area contributed by atoms with Crippen LogP contribution in [0.3, 0.4) is 0 Å². The van der Waals surface area contributed by atoms with E-state index in [1.165, 1.54) is 0 Å². The normalized spacial score (nSPS) is 22.0. The van der Waals surface area contributed by atoms with E-state index < -0.39 is 9.84 Å². The van der Waals surface area contributed by atoms with Crippen LogP contribution in [0.5, 0.6) is 0 Å². The molecule has 0 radical (unpaired) electrons. The SMILES string of the molecule is CCc1ccc([C@H](NC(=O)C[C@H]2CCS(=O)(=O)C2)C(C)(C)C)o1. The summed E-state index contributed by atoms with van der Waals surface area (Å²) in [6.45, 7) is 8.16. The van der Waals surface area contributed by atoms with E-state index in [1.54, 1.807) is 0 Å². The lowest BCUT2D eigenvalue weighted by atomic mass is 9.85. The Morgan fingerprint density at radius 1 is 1.39 bits per heavy atom. The van der Waals surface area contributed by atoms with Gasteiger partial charge in [0, 0.05) is 12.8 Å². The van der Waals surface area contributed by atoms with Crippen molar-refractivity contribution in [1.29, 1.82) is 0 Å². The van der Waals surface area contributed by atoms with E-state index in [4.69, 9.17) is 4.42 Å². The number of carbonyl (C=O) groups excluding carboxylic acids is 1. The molecule has 1 aliphatic heterocycles. The van der Waals surface area contributed by atoms with Gasteiger partial charge in [-0.2, -0.15) is 0 Å². The summed E-state index contributed by atoms with van der Waals surface area (Å²) in [5, 5.41) is 3.04. The first-order valence-electron chi connectivity index (χ1n) is 8.19. The Morgan fingerprint density at radius 2 is 2.09 bits per heavy atom. The third kappa shape index (κ3) is 4.83. The molecule has 1 amide bonds. The molecule has 0 bridgehead atoms. The molecule has 0 unspecified atom stereocenters. The van der Waals surface area contributed by atoms with E-state index in [1.807, 2.05) is 39.8 Å². The molecular weight excluding hydrogens is 314 g/mol. The second kappa shape index (κ2) is 6.67. The van der Waals surface area contributed by atoms with E-state index in [0.717, 1.165) is 17.9 Å². The standard InChI is InChI=1S/C17H27NO4S/c1-5-13-6-7-14(22-13)16(17(2,3)4)18-15(19)10-12-8-9-23(20,21)11-12/h6-7,12,16H,5,8-11H2,1-4H3,(H,18,19)/t12-,16+/m1/s1. The summed E-state index contributed by atoms with van der Waals surface area (Å²) in [5.74, 6) is 1.80. The molecule has 1 aromatic heterocycles. The van der Waals surface area contributed by atoms with Crippen LogP contribution in [0, 0.1) is 11.3 Å². The van der Waals surface area contributed by atoms with Crippen LogP contribution in [0.1, 0.15) is 58.1 Å². The van der Waals surface area contributed by atoms with Crippen LogP contribution < -0.4 is 5.32 Å². The van der Waals surface area contributed by atoms with Crippen molar-refractivity contribution in [3.63, 3.8) is 0 Å². The summed E-state index contributed by atoms with van der Waals surface area (Å²) in [7, 11) is -2.95. The van der Waals surface area contributed by atoms with Crippen LogP contribution in [0.4, 0.5) is 0 Å². The number of hydrogen-bond acceptors (Lipinski definition) is 4. The van der Waals surface area contributed by atoms with Crippen molar-refractivity contribution < 1.29 is 17.6 Å². The van der Waals surface area contributed by atoms with E-state index in [0.29, 0.717) is 6.42 Å². The maximum absolute atomic E-state index is 12.4. The Kier molecular flexibility index (Phi) is 5.23. The molecule has 0 saturated carbocycles. The molecule has 1 N–H and O–H groups in total. The predicted octanol–water partition coefficient (Wildman–Crippen LogP) is 2.87. The van der Waals surface area contributed by atoms with Crippen molar-refractivity contribution in [2.24, 2.45) is 11.3 Å². The fourth-order valence-corrected chi connectivity index (χ4v) is 4.83. The summed E-state index contributed by atoms with van der Waals surface area (Å²) < 4.78 is 28.8. The molecule has 6 heteroatoms. The predicted molar refractivity (Wildman–Crippen MR) is 89.8 cm³/mol. The van der Waals surface area contributed by atoms with Gasteiger partial charge in [-0.1, -0.05) is 27.7 Å². The molecule has 2 heterocycles. The van der Waals surface area contributed by atoms with Crippen molar-refractivity contribution in [2.45, 2.75) is 53.0 Å². The summed E-state index contributed by atoms with van der Waals surface area (Å²) in [6.07, 6.45) is 1.65. The molecule has 5 nitrogen and oxygen atoms in total. The van der Waals surface area contributed by atoms with Gasteiger partial charge in [0.15, 0.2) is 9.84 Å². The van der Waals surface area contributed by atoms with Crippen LogP contribution in [-0.2, 0) is 21.1 Å². The largest absolute Gasteiger partial charge is 0.464 e. The van der Waals surface area contributed by atoms with Crippen molar-refractivity contribution in [1.82, 2.24) is 5.32 Å². The highest BCUT2D eigenvalue weighted by Crippen LogP contribution is 2.34. The molecule has 0 aromatic carbocycles. The summed E-state index contributed by atoms with van der Waals surface area (Å²) in [6, 6.07) is 3.62. The fraction of sp³-hybridized carbons (Fsp3) is 0.706. The minimum absolute atomic E-state index is 0.0663. The first kappa shape index (κ1) is 18.0. The number of carbonyl (C=O) groups is 1. The van der Waals surface area contributed by atoms with Gasteiger partial charge in [0.1, 0.15) is 11.5 Å². The van der Waals surface area contributed by atoms with Gasteiger partial charge in [-0.05, 0) is 29.9 Å². The molecule has 1 aliphatic rings. The zero-order chi connectivity index (χ0) is 17.3. The summed E-state index contributed by atoms with van der Waals surface area (Å²) >= 11 is 0. The highest BCUT2D eigenvalue weighted by Gasteiger charge is 2.33. The van der Waals surface area contributed by atoms with E-state index in [2.05, 4.69) is 5.32 Å². The zero-order valence-corrected chi connectivity index (χ0v) is 15.2. The lowest BCUT2D eigenvalue weighted by Crippen LogP contribution is -2.37. The van der Waals surface area contributed by atoms with E-state index in [9.17, 15) is 13.2 Å². The summed E-state index contributed by atoms with van der Waals surface area (Å²) in [5.41, 5.74) is -0.194. The second-order valence-electron chi connectivity index (χ2n) is 7.50. The van der Waals surface area contributed by atoms with Crippen LogP contribution in [-0.4, -0.2) is 25.8 Å². The molecule has 23 heavy (non-hydrogen) atoms. The van der Waals surface area contributed by atoms with Crippen LogP contribution in [0.15, 0.2) is 16.5 Å². The Morgan fingerprint density at radius 3 is 2.57 bits per heavy atom. The number of nitrogens with one attached hydrogen (secondary N) is 1. The quantitative estimate of drug-likeness (QED) is 0.893. The minimum Gasteiger partial charge on any atom is -0.464 e. The Hall–Kier alpha value is -1.30. The lowest BCUT2D eigenvalue weighted by molar-refractivity contribution is -0.123. The molecule has 1 saturated heterocycles. The van der Waals surface area contributed by atoms with Crippen LogP contribution in [0.2, 0.25) is 0 Å². The van der Waals surface area contributed by atoms with Gasteiger partial charge >= 0.3 is 0 Å². The highest BCUT2D eigenvalue weighted by molar-refractivity contribution is 7.91. The average molecular weight is 341 g/mol. The zero-order valence-electron chi connectivity index (χ0n) is 14.4. The van der Waals surface area contributed by atoms with Crippen molar-refractivity contribution in [3.8, 4) is 0 Å². The molecule has 1 fully saturated rings. The van der Waals surface area contributed by atoms with Gasteiger partial charge in [0.2, 0.25) is 5.91 Å². The second-order valence-corrected chi connectivity index (χ2v) is 9.73. The van der Waals surface area contributed by atoms with E-state index in [-0.39, 0.29) is 41.2 Å². The van der Waals surface area contributed by atoms with Crippen molar-refractivity contribution >= 4 is 15.7 Å². The molecule has 2 atom stereocenters. The Bertz CT molecular complexity index is 654. The maximum atomic E-state index is 12.4. The summed E-state index contributed by atoms with van der Waals surface area (Å²) in [4.78, 5) is 12.4. The number of aryl methyl sites for hydroxylation is 1. The molecular formula is C17H27NO4S. The number of rotatable bonds is 5. The van der Waals surface area contributed by atoms with Gasteiger partial charge in [0.05, 0.1) is 17.5 Å². The highest BCUT2D eigenvalue weighted by atomic mass is 32.2. The number of hydrogen-bond donors (Lipinski definition) is 1. The maximum Gasteiger partial charge on any atom is 0.220 e. The third-order valence-electron chi connectivity index (χ3n) is 4.29. The Balaban J connectivity index is 2.05. The van der Waals surface area contributed by atoms with Gasteiger partial charge in [-0.15, -0.1) is 0 Å². The van der Waals surface area contributed by atoms with E-state index >= 15 is 0 Å². The van der Waals surface area contributed by atoms with Gasteiger partial charge in [-0.25, -0.2) is 8.42 Å². The first-order valence-corrected chi connectivity index (χ1v) is 10.0. The molecule has 2 rings (SSSR count). The average Bonchev–Trinajstić information content (AvgIpc) is 3.01. The molecule has 0 aliphatic carbocycles. The monoisotopic (exact) mass is 341 g/mol. The molecule has 0 spiro atoms. The fourth-order valence-electron chi connectivity index (χ4n) is 2.97. The Labute approximate surface area is 138 Å². The van der Waals surface area contributed by atoms with Crippen molar-refractivity contribution in [3.05, 3.63) is 23.7 Å². The minimum atomic E-state index is -2.95. The van der Waals surface area contributed by atoms with Gasteiger partial charge in [-0.3, -0.25) is 4.79 Å². The molecule has 1 aromatic rings. The van der Waals surface area contributed by atoms with Gasteiger partial charge < -0.3 is 9.73 Å². The number of amides is 1. The van der Waals surface area contributed by atoms with Crippen LogP contribution >= 0.6 is 0 Å². The number of furan rings is 1. The number of sulfone groups is 1. The first-order chi connectivity index (χ1) is 10.6. The van der Waals surface area contributed by atoms with Gasteiger partial charge in [0.25, 0.3) is 0 Å². The van der Waals surface area contributed by atoms with Crippen molar-refractivity contribution in [2.75, 3.05) is 11.5 Å². The van der Waals surface area contributed by atoms with Crippen LogP contribution in [0.25, 0.3) is 0 Å². The smallest absolute Gasteiger partial charge is 0.220 e.